The van der Waals surface area contributed by atoms with E-state index in [2.05, 4.69) is 24.2 Å². The van der Waals surface area contributed by atoms with Gasteiger partial charge >= 0.3 is 0 Å². The summed E-state index contributed by atoms with van der Waals surface area (Å²) < 4.78 is 5.86. The van der Waals surface area contributed by atoms with Gasteiger partial charge < -0.3 is 15.0 Å². The van der Waals surface area contributed by atoms with E-state index in [1.165, 1.54) is 45.3 Å². The summed E-state index contributed by atoms with van der Waals surface area (Å²) in [5.41, 5.74) is 0. The fourth-order valence-electron chi connectivity index (χ4n) is 2.96. The molecule has 1 N–H and O–H groups in total. The molecule has 2 heterocycles. The molecule has 0 saturated carbocycles. The van der Waals surface area contributed by atoms with Crippen LogP contribution in [0.3, 0.4) is 0 Å². The van der Waals surface area contributed by atoms with E-state index in [9.17, 15) is 0 Å². The minimum Gasteiger partial charge on any atom is -0.374 e. The average Bonchev–Trinajstić information content (AvgIpc) is 2.65. The molecule has 0 radical (unpaired) electrons. The number of nitrogens with zero attached hydrogens (tertiary/aromatic N) is 1. The molecule has 3 heteroatoms. The highest BCUT2D eigenvalue weighted by Crippen LogP contribution is 2.20. The maximum atomic E-state index is 5.86. The quantitative estimate of drug-likeness (QED) is 0.786. The molecular weight excluding hydrogens is 200 g/mol. The summed E-state index contributed by atoms with van der Waals surface area (Å²) in [5, 5.41) is 3.48. The van der Waals surface area contributed by atoms with Crippen LogP contribution < -0.4 is 5.32 Å². The van der Waals surface area contributed by atoms with Gasteiger partial charge in [0.25, 0.3) is 0 Å². The molecular formula is C13H26N2O. The van der Waals surface area contributed by atoms with Crippen LogP contribution in [0, 0.1) is 5.92 Å². The van der Waals surface area contributed by atoms with Gasteiger partial charge in [-0.15, -0.1) is 0 Å². The Balaban J connectivity index is 1.65. The lowest BCUT2D eigenvalue weighted by Crippen LogP contribution is -2.39. The minimum atomic E-state index is 0.481. The van der Waals surface area contributed by atoms with Crippen molar-refractivity contribution in [1.82, 2.24) is 10.2 Å². The summed E-state index contributed by atoms with van der Waals surface area (Å²) in [5.74, 6) is 0.845. The Morgan fingerprint density at radius 2 is 2.12 bits per heavy atom. The Kier molecular flexibility index (Phi) is 4.62. The maximum Gasteiger partial charge on any atom is 0.0706 e. The maximum absolute atomic E-state index is 5.86. The van der Waals surface area contributed by atoms with E-state index >= 15 is 0 Å². The summed E-state index contributed by atoms with van der Waals surface area (Å²) in [6, 6.07) is 0. The Morgan fingerprint density at radius 1 is 1.25 bits per heavy atom. The largest absolute Gasteiger partial charge is 0.374 e. The van der Waals surface area contributed by atoms with Gasteiger partial charge in [0, 0.05) is 13.1 Å². The molecule has 0 aromatic rings. The molecule has 3 nitrogen and oxygen atoms in total. The third-order valence-corrected chi connectivity index (χ3v) is 3.80. The van der Waals surface area contributed by atoms with Gasteiger partial charge in [0.2, 0.25) is 0 Å². The Hall–Kier alpha value is -0.120. The van der Waals surface area contributed by atoms with Crippen LogP contribution in [0.2, 0.25) is 0 Å². The third-order valence-electron chi connectivity index (χ3n) is 3.80. The summed E-state index contributed by atoms with van der Waals surface area (Å²) in [7, 11) is 2.24. The van der Waals surface area contributed by atoms with Crippen molar-refractivity contribution in [2.24, 2.45) is 5.92 Å². The number of likely N-dealkylation sites (N-methyl/N-ethyl adjacent to an activating group) is 1. The van der Waals surface area contributed by atoms with Crippen molar-refractivity contribution in [3.05, 3.63) is 0 Å². The Bertz CT molecular complexity index is 197. The van der Waals surface area contributed by atoms with Crippen LogP contribution in [-0.2, 0) is 4.74 Å². The van der Waals surface area contributed by atoms with Crippen LogP contribution in [0.5, 0.6) is 0 Å². The lowest BCUT2D eigenvalue weighted by Gasteiger charge is -2.29. The molecule has 0 amide bonds. The van der Waals surface area contributed by atoms with E-state index in [0.717, 1.165) is 12.5 Å². The van der Waals surface area contributed by atoms with E-state index in [-0.39, 0.29) is 0 Å². The predicted octanol–water partition coefficient (Wildman–Crippen LogP) is 1.49. The molecule has 0 aromatic heterocycles. The fraction of sp³-hybridized carbons (Fsp3) is 1.00. The molecule has 2 aliphatic rings. The van der Waals surface area contributed by atoms with Crippen LogP contribution in [0.15, 0.2) is 0 Å². The third kappa shape index (κ3) is 3.72. The molecule has 16 heavy (non-hydrogen) atoms. The smallest absolute Gasteiger partial charge is 0.0706 e. The summed E-state index contributed by atoms with van der Waals surface area (Å²) in [6.45, 7) is 6.93. The van der Waals surface area contributed by atoms with Crippen molar-refractivity contribution in [2.75, 3.05) is 33.2 Å². The number of nitrogens with one attached hydrogen (secondary N) is 1. The van der Waals surface area contributed by atoms with Gasteiger partial charge in [-0.1, -0.05) is 0 Å². The molecule has 3 atom stereocenters. The van der Waals surface area contributed by atoms with Gasteiger partial charge in [-0.25, -0.2) is 0 Å². The van der Waals surface area contributed by atoms with Crippen molar-refractivity contribution < 1.29 is 4.74 Å². The zero-order valence-electron chi connectivity index (χ0n) is 10.7. The molecule has 2 aliphatic heterocycles. The molecule has 2 fully saturated rings. The molecule has 0 aliphatic carbocycles. The molecule has 2 saturated heterocycles. The highest BCUT2D eigenvalue weighted by atomic mass is 16.5. The lowest BCUT2D eigenvalue weighted by molar-refractivity contribution is 0.0332. The Morgan fingerprint density at radius 3 is 2.75 bits per heavy atom. The number of ether oxygens (including phenoxy) is 1. The fourth-order valence-corrected chi connectivity index (χ4v) is 2.96. The van der Waals surface area contributed by atoms with Crippen LogP contribution in [0.1, 0.15) is 32.6 Å². The monoisotopic (exact) mass is 226 g/mol. The highest BCUT2D eigenvalue weighted by Gasteiger charge is 2.24. The first-order valence-corrected chi connectivity index (χ1v) is 6.79. The van der Waals surface area contributed by atoms with Crippen LogP contribution in [-0.4, -0.2) is 50.3 Å². The van der Waals surface area contributed by atoms with Gasteiger partial charge in [0.05, 0.1) is 12.2 Å². The predicted molar refractivity (Wildman–Crippen MR) is 66.7 cm³/mol. The van der Waals surface area contributed by atoms with Crippen LogP contribution in [0.4, 0.5) is 0 Å². The Labute approximate surface area is 99.5 Å². The van der Waals surface area contributed by atoms with Gasteiger partial charge in [-0.3, -0.25) is 0 Å². The summed E-state index contributed by atoms with van der Waals surface area (Å²) in [6.07, 6.45) is 6.18. The zero-order chi connectivity index (χ0) is 11.4. The second-order valence-corrected chi connectivity index (χ2v) is 5.58. The second kappa shape index (κ2) is 5.99. The number of rotatable bonds is 4. The highest BCUT2D eigenvalue weighted by molar-refractivity contribution is 4.76. The van der Waals surface area contributed by atoms with Gasteiger partial charge in [-0.05, 0) is 58.7 Å². The van der Waals surface area contributed by atoms with Crippen molar-refractivity contribution in [2.45, 2.75) is 44.8 Å². The topological polar surface area (TPSA) is 24.5 Å². The van der Waals surface area contributed by atoms with Crippen molar-refractivity contribution >= 4 is 0 Å². The first kappa shape index (κ1) is 12.3. The van der Waals surface area contributed by atoms with Gasteiger partial charge in [0.1, 0.15) is 0 Å². The first-order chi connectivity index (χ1) is 7.74. The zero-order valence-corrected chi connectivity index (χ0v) is 10.7. The number of hydrogen-bond donors (Lipinski definition) is 1. The van der Waals surface area contributed by atoms with Gasteiger partial charge in [0.15, 0.2) is 0 Å². The van der Waals surface area contributed by atoms with E-state index in [1.54, 1.807) is 0 Å². The van der Waals surface area contributed by atoms with Crippen molar-refractivity contribution in [1.29, 1.82) is 0 Å². The van der Waals surface area contributed by atoms with E-state index in [4.69, 9.17) is 4.74 Å². The number of piperidine rings is 1. The first-order valence-electron chi connectivity index (χ1n) is 6.79. The molecule has 0 bridgehead atoms. The summed E-state index contributed by atoms with van der Waals surface area (Å²) in [4.78, 5) is 2.46. The second-order valence-electron chi connectivity index (χ2n) is 5.58. The average molecular weight is 226 g/mol. The molecule has 94 valence electrons. The van der Waals surface area contributed by atoms with Crippen molar-refractivity contribution in [3.63, 3.8) is 0 Å². The molecule has 0 spiro atoms. The van der Waals surface area contributed by atoms with Crippen LogP contribution in [0.25, 0.3) is 0 Å². The minimum absolute atomic E-state index is 0.481. The van der Waals surface area contributed by atoms with Gasteiger partial charge in [-0.2, -0.15) is 0 Å². The van der Waals surface area contributed by atoms with E-state index in [0.29, 0.717) is 12.2 Å². The van der Waals surface area contributed by atoms with Crippen molar-refractivity contribution in [3.8, 4) is 0 Å². The summed E-state index contributed by atoms with van der Waals surface area (Å²) >= 11 is 0. The van der Waals surface area contributed by atoms with Crippen LogP contribution >= 0.6 is 0 Å². The normalized spacial score (nSPS) is 35.8. The van der Waals surface area contributed by atoms with E-state index < -0.39 is 0 Å². The SMILES string of the molecule is CC1CCC(CN(C)CC2CCCNC2)O1. The van der Waals surface area contributed by atoms with E-state index in [1.807, 2.05) is 0 Å². The standard InChI is InChI=1S/C13H26N2O/c1-11-5-6-13(16-11)10-15(2)9-12-4-3-7-14-8-12/h11-14H,3-10H2,1-2H3. The molecule has 3 unspecified atom stereocenters. The molecule has 2 rings (SSSR count). The lowest BCUT2D eigenvalue weighted by atomic mass is 9.99. The molecule has 0 aromatic carbocycles. The number of hydrogen-bond acceptors (Lipinski definition) is 3.